The van der Waals surface area contributed by atoms with Crippen molar-refractivity contribution in [2.45, 2.75) is 6.42 Å². The molecule has 1 heterocycles. The fraction of sp³-hybridized carbons (Fsp3) is 0.133. The minimum atomic E-state index is -0.222. The average Bonchev–Trinajstić information content (AvgIpc) is 2.40. The predicted octanol–water partition coefficient (Wildman–Crippen LogP) is 2.75. The van der Waals surface area contributed by atoms with Crippen LogP contribution in [0.2, 0.25) is 0 Å². The molecule has 0 unspecified atom stereocenters. The van der Waals surface area contributed by atoms with Gasteiger partial charge >= 0.3 is 0 Å². The summed E-state index contributed by atoms with van der Waals surface area (Å²) in [6.07, 6.45) is 0.269. The lowest BCUT2D eigenvalue weighted by Crippen LogP contribution is -2.15. The summed E-state index contributed by atoms with van der Waals surface area (Å²) in [4.78, 5) is 11.3. The van der Waals surface area contributed by atoms with E-state index in [9.17, 15) is 9.90 Å². The molecule has 3 rings (SSSR count). The van der Waals surface area contributed by atoms with E-state index < -0.39 is 0 Å². The highest BCUT2D eigenvalue weighted by Gasteiger charge is 2.22. The molecule has 1 aliphatic rings. The summed E-state index contributed by atoms with van der Waals surface area (Å²) in [5.74, 6) is -0.224. The lowest BCUT2D eigenvalue weighted by Gasteiger charge is -2.16. The topological polar surface area (TPSA) is 66.8 Å². The maximum Gasteiger partial charge on any atom is 0.173 e. The third-order valence-electron chi connectivity index (χ3n) is 2.60. The number of ketones is 1. The number of fused-ring (bicyclic) bond motifs is 1. The van der Waals surface area contributed by atoms with E-state index in [4.69, 9.17) is 9.84 Å². The molecule has 2 aromatic carbocycles. The van der Waals surface area contributed by atoms with Gasteiger partial charge in [0.1, 0.15) is 22.8 Å². The number of hydrogen-bond acceptors (Lipinski definition) is 4. The Bertz CT molecular complexity index is 537. The molecule has 0 aliphatic carbocycles. The number of benzene rings is 2. The second kappa shape index (κ2) is 5.91. The van der Waals surface area contributed by atoms with Crippen LogP contribution in [0.4, 0.5) is 0 Å². The van der Waals surface area contributed by atoms with Crippen LogP contribution in [0.15, 0.2) is 48.5 Å². The number of ether oxygens (including phenoxy) is 1. The van der Waals surface area contributed by atoms with E-state index in [1.165, 1.54) is 6.07 Å². The van der Waals surface area contributed by atoms with Crippen LogP contribution in [0.1, 0.15) is 16.8 Å². The number of phenols is 2. The molecule has 2 N–H and O–H groups in total. The molecule has 19 heavy (non-hydrogen) atoms. The number of rotatable bonds is 0. The van der Waals surface area contributed by atoms with Crippen LogP contribution in [-0.2, 0) is 0 Å². The van der Waals surface area contributed by atoms with Gasteiger partial charge in [-0.05, 0) is 0 Å². The van der Waals surface area contributed by atoms with Gasteiger partial charge in [0, 0.05) is 18.6 Å². The lowest BCUT2D eigenvalue weighted by atomic mass is 10.0. The van der Waals surface area contributed by atoms with Crippen LogP contribution < -0.4 is 4.74 Å². The fourth-order valence-electron chi connectivity index (χ4n) is 1.74. The van der Waals surface area contributed by atoms with Crippen LogP contribution in [0.3, 0.4) is 0 Å². The second-order valence-electron chi connectivity index (χ2n) is 4.01. The normalized spacial score (nSPS) is 12.7. The molecule has 4 heteroatoms. The van der Waals surface area contributed by atoms with Crippen LogP contribution in [0, 0.1) is 0 Å². The van der Waals surface area contributed by atoms with Crippen molar-refractivity contribution in [3.63, 3.8) is 0 Å². The third kappa shape index (κ3) is 3.25. The first kappa shape index (κ1) is 13.0. The Morgan fingerprint density at radius 3 is 2.11 bits per heavy atom. The van der Waals surface area contributed by atoms with E-state index in [2.05, 4.69) is 0 Å². The molecule has 0 spiro atoms. The Labute approximate surface area is 110 Å². The van der Waals surface area contributed by atoms with Gasteiger partial charge in [-0.1, -0.05) is 36.4 Å². The second-order valence-corrected chi connectivity index (χ2v) is 4.01. The zero-order valence-corrected chi connectivity index (χ0v) is 10.2. The molecule has 4 nitrogen and oxygen atoms in total. The van der Waals surface area contributed by atoms with Crippen molar-refractivity contribution in [2.75, 3.05) is 6.61 Å². The van der Waals surface area contributed by atoms with E-state index in [1.54, 1.807) is 0 Å². The molecular weight excluding hydrogens is 244 g/mol. The number of hydrogen-bond donors (Lipinski definition) is 2. The average molecular weight is 258 g/mol. The summed E-state index contributed by atoms with van der Waals surface area (Å²) in [7, 11) is 0. The van der Waals surface area contributed by atoms with Gasteiger partial charge < -0.3 is 14.9 Å². The van der Waals surface area contributed by atoms with Gasteiger partial charge in [0.2, 0.25) is 0 Å². The summed E-state index contributed by atoms with van der Waals surface area (Å²) in [5, 5.41) is 18.5. The minimum Gasteiger partial charge on any atom is -0.508 e. The summed E-state index contributed by atoms with van der Waals surface area (Å²) >= 11 is 0. The molecule has 0 radical (unpaired) electrons. The maximum absolute atomic E-state index is 11.3. The molecule has 0 amide bonds. The van der Waals surface area contributed by atoms with Gasteiger partial charge in [0.15, 0.2) is 5.78 Å². The van der Waals surface area contributed by atoms with Gasteiger partial charge in [-0.25, -0.2) is 0 Å². The Kier molecular flexibility index (Phi) is 4.03. The molecule has 98 valence electrons. The number of Topliss-reactive ketones (excluding diaryl/α,β-unsaturated/α-hetero) is 1. The fourth-order valence-corrected chi connectivity index (χ4v) is 1.74. The number of carbonyl (C=O) groups excluding carboxylic acids is 1. The van der Waals surface area contributed by atoms with Crippen molar-refractivity contribution in [3.05, 3.63) is 54.1 Å². The molecule has 0 saturated heterocycles. The lowest BCUT2D eigenvalue weighted by molar-refractivity contribution is 0.0929. The first-order valence-corrected chi connectivity index (χ1v) is 5.90. The van der Waals surface area contributed by atoms with Crippen molar-refractivity contribution in [2.24, 2.45) is 0 Å². The van der Waals surface area contributed by atoms with E-state index in [1.807, 2.05) is 36.4 Å². The van der Waals surface area contributed by atoms with Crippen molar-refractivity contribution >= 4 is 5.78 Å². The quantitative estimate of drug-likeness (QED) is 0.762. The zero-order chi connectivity index (χ0) is 13.7. The van der Waals surface area contributed by atoms with E-state index in [-0.39, 0.29) is 35.0 Å². The Hall–Kier alpha value is -2.49. The SMILES string of the molecule is O=C1CCOc2cc(O)cc(O)c21.c1ccccc1. The van der Waals surface area contributed by atoms with Crippen molar-refractivity contribution in [3.8, 4) is 17.2 Å². The van der Waals surface area contributed by atoms with E-state index >= 15 is 0 Å². The largest absolute Gasteiger partial charge is 0.508 e. The maximum atomic E-state index is 11.3. The molecule has 0 bridgehead atoms. The van der Waals surface area contributed by atoms with Crippen LogP contribution in [0.5, 0.6) is 17.2 Å². The van der Waals surface area contributed by atoms with Crippen LogP contribution >= 0.6 is 0 Å². The van der Waals surface area contributed by atoms with Crippen molar-refractivity contribution in [1.82, 2.24) is 0 Å². The number of aromatic hydroxyl groups is 2. The highest BCUT2D eigenvalue weighted by molar-refractivity contribution is 6.02. The van der Waals surface area contributed by atoms with Crippen LogP contribution in [0.25, 0.3) is 0 Å². The molecule has 2 aromatic rings. The van der Waals surface area contributed by atoms with Gasteiger partial charge in [-0.3, -0.25) is 4.79 Å². The predicted molar refractivity (Wildman–Crippen MR) is 70.7 cm³/mol. The van der Waals surface area contributed by atoms with Crippen molar-refractivity contribution < 1.29 is 19.7 Å². The summed E-state index contributed by atoms with van der Waals surface area (Å²) in [5.41, 5.74) is 0.170. The highest BCUT2D eigenvalue weighted by atomic mass is 16.5. The Morgan fingerprint density at radius 1 is 0.947 bits per heavy atom. The van der Waals surface area contributed by atoms with Gasteiger partial charge in [0.05, 0.1) is 6.61 Å². The smallest absolute Gasteiger partial charge is 0.173 e. The number of carbonyl (C=O) groups is 1. The summed E-state index contributed by atoms with van der Waals surface area (Å²) < 4.78 is 5.11. The molecule has 0 fully saturated rings. The minimum absolute atomic E-state index is 0.106. The van der Waals surface area contributed by atoms with Gasteiger partial charge in [0.25, 0.3) is 0 Å². The van der Waals surface area contributed by atoms with Crippen molar-refractivity contribution in [1.29, 1.82) is 0 Å². The molecule has 0 aromatic heterocycles. The van der Waals surface area contributed by atoms with E-state index in [0.29, 0.717) is 6.61 Å². The third-order valence-corrected chi connectivity index (χ3v) is 2.60. The molecule has 0 atom stereocenters. The monoisotopic (exact) mass is 258 g/mol. The van der Waals surface area contributed by atoms with E-state index in [0.717, 1.165) is 6.07 Å². The Balaban J connectivity index is 0.000000186. The first-order valence-electron chi connectivity index (χ1n) is 5.90. The number of phenolic OH excluding ortho intramolecular Hbond substituents is 2. The van der Waals surface area contributed by atoms with Gasteiger partial charge in [-0.15, -0.1) is 0 Å². The molecule has 0 saturated carbocycles. The standard InChI is InChI=1S/C9H8O4.C6H6/c10-5-3-7(12)9-6(11)1-2-13-8(9)4-5;1-2-4-6-5-3-1/h3-4,10,12H,1-2H2;1-6H. The zero-order valence-electron chi connectivity index (χ0n) is 10.2. The van der Waals surface area contributed by atoms with Gasteiger partial charge in [-0.2, -0.15) is 0 Å². The first-order chi connectivity index (χ1) is 9.18. The molecule has 1 aliphatic heterocycles. The Morgan fingerprint density at radius 2 is 1.53 bits per heavy atom. The highest BCUT2D eigenvalue weighted by Crippen LogP contribution is 2.35. The van der Waals surface area contributed by atoms with Crippen LogP contribution in [-0.4, -0.2) is 22.6 Å². The summed E-state index contributed by atoms with van der Waals surface area (Å²) in [6.45, 7) is 0.300. The molecular formula is C15H14O4. The summed E-state index contributed by atoms with van der Waals surface area (Å²) in [6, 6.07) is 14.5.